The number of benzene rings is 1. The molecule has 4 rings (SSSR count). The first-order valence-corrected chi connectivity index (χ1v) is 9.32. The number of anilines is 1. The molecule has 0 radical (unpaired) electrons. The molecule has 0 bridgehead atoms. The lowest BCUT2D eigenvalue weighted by Gasteiger charge is -2.39. The second-order valence-electron chi connectivity index (χ2n) is 7.66. The van der Waals surface area contributed by atoms with Gasteiger partial charge < -0.3 is 20.4 Å². The molecule has 9 nitrogen and oxygen atoms in total. The minimum absolute atomic E-state index is 0.0303. The van der Waals surface area contributed by atoms with Crippen molar-refractivity contribution in [3.8, 4) is 28.1 Å². The van der Waals surface area contributed by atoms with Gasteiger partial charge in [-0.2, -0.15) is 5.10 Å². The number of hydrogen-bond donors (Lipinski definition) is 3. The number of aryl methyl sites for hydroxylation is 1. The molecule has 1 atom stereocenters. The van der Waals surface area contributed by atoms with Crippen LogP contribution in [0.5, 0.6) is 5.75 Å². The van der Waals surface area contributed by atoms with Crippen LogP contribution in [0.1, 0.15) is 18.0 Å². The molecule has 1 fully saturated rings. The summed E-state index contributed by atoms with van der Waals surface area (Å²) in [5, 5.41) is 36.4. The van der Waals surface area contributed by atoms with Gasteiger partial charge in [-0.25, -0.2) is 4.98 Å². The van der Waals surface area contributed by atoms with Crippen LogP contribution in [0.15, 0.2) is 36.8 Å². The van der Waals surface area contributed by atoms with Gasteiger partial charge in [0.25, 0.3) is 0 Å². The molecular formula is C20H25N7O2. The van der Waals surface area contributed by atoms with Gasteiger partial charge in [0.05, 0.1) is 24.0 Å². The maximum Gasteiger partial charge on any atom is 0.245 e. The van der Waals surface area contributed by atoms with E-state index in [-0.39, 0.29) is 11.8 Å². The number of nitrogens with one attached hydrogen (secondary N) is 1. The second kappa shape index (κ2) is 7.41. The Hall–Kier alpha value is -3.04. The highest BCUT2D eigenvalue weighted by Gasteiger charge is 2.32. The third-order valence-electron chi connectivity index (χ3n) is 5.05. The van der Waals surface area contributed by atoms with Crippen molar-refractivity contribution < 1.29 is 14.3 Å². The van der Waals surface area contributed by atoms with Gasteiger partial charge >= 0.3 is 0 Å². The molecule has 152 valence electrons. The fourth-order valence-corrected chi connectivity index (χ4v) is 3.34. The van der Waals surface area contributed by atoms with Crippen molar-refractivity contribution in [2.45, 2.75) is 25.5 Å². The number of aromatic hydroxyl groups is 1. The van der Waals surface area contributed by atoms with E-state index < -0.39 is 12.6 Å². The summed E-state index contributed by atoms with van der Waals surface area (Å²) in [7, 11) is 0. The molecule has 3 aromatic rings. The summed E-state index contributed by atoms with van der Waals surface area (Å²) >= 11 is 0. The lowest BCUT2D eigenvalue weighted by atomic mass is 9.97. The Morgan fingerprint density at radius 2 is 2.10 bits per heavy atom. The highest BCUT2D eigenvalue weighted by molar-refractivity contribution is 5.73. The van der Waals surface area contributed by atoms with E-state index in [0.29, 0.717) is 48.0 Å². The summed E-state index contributed by atoms with van der Waals surface area (Å²) < 4.78 is 23.1. The average Bonchev–Trinajstić information content (AvgIpc) is 3.24. The van der Waals surface area contributed by atoms with Crippen molar-refractivity contribution >= 4 is 5.95 Å². The van der Waals surface area contributed by atoms with Crippen LogP contribution in [0.4, 0.5) is 5.95 Å². The zero-order valence-corrected chi connectivity index (χ0v) is 16.2. The molecule has 1 aromatic carbocycles. The van der Waals surface area contributed by atoms with Crippen LogP contribution in [0.2, 0.25) is 0 Å². The first-order chi connectivity index (χ1) is 15.0. The van der Waals surface area contributed by atoms with Gasteiger partial charge in [-0.3, -0.25) is 4.68 Å². The molecule has 3 N–H and O–H groups in total. The van der Waals surface area contributed by atoms with Gasteiger partial charge in [0.15, 0.2) is 0 Å². The number of phenolic OH excluding ortho intramolecular Hbond substituents is 1. The van der Waals surface area contributed by atoms with Crippen LogP contribution in [0, 0.1) is 0 Å². The van der Waals surface area contributed by atoms with E-state index in [1.165, 1.54) is 18.5 Å². The van der Waals surface area contributed by atoms with Gasteiger partial charge in [0.1, 0.15) is 11.4 Å². The van der Waals surface area contributed by atoms with Gasteiger partial charge in [0.2, 0.25) is 5.95 Å². The third kappa shape index (κ3) is 4.06. The highest BCUT2D eigenvalue weighted by Crippen LogP contribution is 2.32. The fraction of sp³-hybridized carbons (Fsp3) is 0.400. The first-order valence-electron chi connectivity index (χ1n) is 10.8. The first kappa shape index (κ1) is 15.8. The molecular weight excluding hydrogens is 370 g/mol. The molecule has 1 unspecified atom stereocenters. The Bertz CT molecular complexity index is 1090. The molecule has 9 heteroatoms. The smallest absolute Gasteiger partial charge is 0.245 e. The maximum absolute atomic E-state index is 10.5. The summed E-state index contributed by atoms with van der Waals surface area (Å²) in [5.74, 6) is 0.426. The number of hydrogen-bond acceptors (Lipinski definition) is 8. The Morgan fingerprint density at radius 1 is 1.24 bits per heavy atom. The molecule has 29 heavy (non-hydrogen) atoms. The quantitative estimate of drug-likeness (QED) is 0.601. The fourth-order valence-electron chi connectivity index (χ4n) is 3.34. The third-order valence-corrected chi connectivity index (χ3v) is 5.05. The van der Waals surface area contributed by atoms with Crippen LogP contribution in [0.3, 0.4) is 0 Å². The minimum atomic E-state index is -2.36. The molecule has 0 amide bonds. The van der Waals surface area contributed by atoms with E-state index in [2.05, 4.69) is 25.6 Å². The summed E-state index contributed by atoms with van der Waals surface area (Å²) in [4.78, 5) is 6.36. The molecule has 1 aliphatic rings. The minimum Gasteiger partial charge on any atom is -0.507 e. The van der Waals surface area contributed by atoms with Crippen molar-refractivity contribution in [3.05, 3.63) is 36.8 Å². The van der Waals surface area contributed by atoms with E-state index in [4.69, 9.17) is 4.11 Å². The summed E-state index contributed by atoms with van der Waals surface area (Å²) in [6, 6.07) is 4.83. The average molecular weight is 398 g/mol. The number of phenols is 1. The monoisotopic (exact) mass is 398 g/mol. The normalized spacial score (nSPS) is 19.5. The van der Waals surface area contributed by atoms with Gasteiger partial charge in [0, 0.05) is 48.0 Å². The SMILES string of the molecule is [2H]C([2H])([2H])n1cc(-c2ccc(-c3cnc(N4CCNC(C(C)(C)O)C4)nn3)c(O)c2)cn1. The number of piperazine rings is 1. The van der Waals surface area contributed by atoms with Crippen LogP contribution >= 0.6 is 0 Å². The van der Waals surface area contributed by atoms with Crippen LogP contribution in [-0.2, 0) is 6.98 Å². The number of rotatable bonds is 4. The highest BCUT2D eigenvalue weighted by atomic mass is 16.3. The predicted octanol–water partition coefficient (Wildman–Crippen LogP) is 1.19. The molecule has 0 spiro atoms. The predicted molar refractivity (Wildman–Crippen MR) is 109 cm³/mol. The standard InChI is InChI=1S/C20H25N7O2/c1-20(2,29)18-12-27(7-6-21-18)19-22-10-16(24-25-19)15-5-4-13(8-17(15)28)14-9-23-26(3)11-14/h4-5,8-11,18,21,28-29H,6-7,12H2,1-3H3/i3D3. The molecule has 0 aliphatic carbocycles. The topological polar surface area (TPSA) is 112 Å². The van der Waals surface area contributed by atoms with E-state index in [1.54, 1.807) is 32.2 Å². The van der Waals surface area contributed by atoms with Gasteiger partial charge in [-0.05, 0) is 31.5 Å². The molecule has 1 aliphatic heterocycles. The Labute approximate surface area is 173 Å². The largest absolute Gasteiger partial charge is 0.507 e. The number of aromatic nitrogens is 5. The second-order valence-corrected chi connectivity index (χ2v) is 7.66. The van der Waals surface area contributed by atoms with E-state index in [0.717, 1.165) is 4.68 Å². The van der Waals surface area contributed by atoms with E-state index in [1.807, 2.05) is 4.90 Å². The maximum atomic E-state index is 10.5. The lowest BCUT2D eigenvalue weighted by Crippen LogP contribution is -2.59. The van der Waals surface area contributed by atoms with Crippen molar-refractivity contribution in [1.29, 1.82) is 0 Å². The number of nitrogens with zero attached hydrogens (tertiary/aromatic N) is 6. The summed E-state index contributed by atoms with van der Waals surface area (Å²) in [6.07, 6.45) is 4.39. The molecule has 0 saturated carbocycles. The van der Waals surface area contributed by atoms with E-state index in [9.17, 15) is 10.2 Å². The van der Waals surface area contributed by atoms with Crippen LogP contribution in [-0.4, -0.2) is 66.5 Å². The van der Waals surface area contributed by atoms with Gasteiger partial charge in [-0.1, -0.05) is 6.07 Å². The van der Waals surface area contributed by atoms with Crippen molar-refractivity contribution in [3.63, 3.8) is 0 Å². The Kier molecular flexibility index (Phi) is 4.05. The zero-order chi connectivity index (χ0) is 23.1. The van der Waals surface area contributed by atoms with Crippen LogP contribution < -0.4 is 10.2 Å². The Balaban J connectivity index is 1.53. The van der Waals surface area contributed by atoms with Crippen molar-refractivity contribution in [1.82, 2.24) is 30.3 Å². The summed E-state index contributed by atoms with van der Waals surface area (Å²) in [6.45, 7) is 3.10. The summed E-state index contributed by atoms with van der Waals surface area (Å²) in [5.41, 5.74) is 1.18. The Morgan fingerprint density at radius 3 is 2.76 bits per heavy atom. The molecule has 1 saturated heterocycles. The van der Waals surface area contributed by atoms with Gasteiger partial charge in [-0.15, -0.1) is 10.2 Å². The van der Waals surface area contributed by atoms with Crippen LogP contribution in [0.25, 0.3) is 22.4 Å². The number of aliphatic hydroxyl groups is 1. The lowest BCUT2D eigenvalue weighted by molar-refractivity contribution is 0.0362. The molecule has 2 aromatic heterocycles. The van der Waals surface area contributed by atoms with Crippen molar-refractivity contribution in [2.24, 2.45) is 6.98 Å². The van der Waals surface area contributed by atoms with Crippen molar-refractivity contribution in [2.75, 3.05) is 24.5 Å². The van der Waals surface area contributed by atoms with E-state index >= 15 is 0 Å². The zero-order valence-electron chi connectivity index (χ0n) is 19.2. The molecule has 3 heterocycles.